The van der Waals surface area contributed by atoms with E-state index in [0.29, 0.717) is 62.8 Å². The largest absolute Gasteiger partial charge is 0.494 e. The van der Waals surface area contributed by atoms with E-state index in [0.717, 1.165) is 41.9 Å². The molecule has 250 valence electrons. The smallest absolute Gasteiger partial charge is 0.229 e. The number of ether oxygens (including phenoxy) is 1. The zero-order chi connectivity index (χ0) is 33.7. The highest BCUT2D eigenvalue weighted by Gasteiger charge is 2.36. The van der Waals surface area contributed by atoms with E-state index in [-0.39, 0.29) is 6.04 Å². The fourth-order valence-electron chi connectivity index (χ4n) is 6.79. The molecule has 5 aromatic rings. The van der Waals surface area contributed by atoms with Crippen LogP contribution in [0, 0.1) is 0 Å². The molecule has 3 aromatic heterocycles. The molecule has 0 radical (unpaired) electrons. The number of halogens is 2. The zero-order valence-corrected chi connectivity index (χ0v) is 29.9. The fourth-order valence-corrected chi connectivity index (χ4v) is 8.47. The number of piperidine rings is 1. The van der Waals surface area contributed by atoms with Crippen LogP contribution in [0.25, 0.3) is 22.2 Å². The number of likely N-dealkylation sites (tertiary alicyclic amines) is 1. The first-order valence-electron chi connectivity index (χ1n) is 15.7. The van der Waals surface area contributed by atoms with Crippen molar-refractivity contribution >= 4 is 68.2 Å². The molecule has 0 spiro atoms. The third-order valence-electron chi connectivity index (χ3n) is 9.07. The van der Waals surface area contributed by atoms with Crippen molar-refractivity contribution in [2.24, 2.45) is 7.05 Å². The average molecular weight is 736 g/mol. The topological polar surface area (TPSA) is 126 Å². The molecule has 0 saturated carbocycles. The predicted molar refractivity (Wildman–Crippen MR) is 192 cm³/mol. The highest BCUT2D eigenvalue weighted by Crippen LogP contribution is 2.45. The highest BCUT2D eigenvalue weighted by atomic mass is 79.9. The van der Waals surface area contributed by atoms with Gasteiger partial charge in [0.15, 0.2) is 0 Å². The monoisotopic (exact) mass is 734 g/mol. The van der Waals surface area contributed by atoms with E-state index < -0.39 is 13.3 Å². The normalized spacial score (nSPS) is 18.3. The van der Waals surface area contributed by atoms with Crippen molar-refractivity contribution in [3.8, 4) is 16.9 Å². The molecule has 2 aliphatic heterocycles. The van der Waals surface area contributed by atoms with E-state index >= 15 is 4.39 Å². The van der Waals surface area contributed by atoms with Crippen molar-refractivity contribution in [1.29, 1.82) is 0 Å². The number of aryl methyl sites for hydroxylation is 1. The van der Waals surface area contributed by atoms with Gasteiger partial charge in [-0.1, -0.05) is 0 Å². The number of nitrogens with one attached hydrogen (secondary N) is 2. The van der Waals surface area contributed by atoms with Crippen molar-refractivity contribution in [3.63, 3.8) is 0 Å². The van der Waals surface area contributed by atoms with Crippen LogP contribution in [0.1, 0.15) is 12.1 Å². The number of methoxy groups -OCH3 is 1. The SMILES string of the molecule is COc1cc2c(cc1Nc1ncc(Br)c(Nc3ccc4nccnc4c3P(C)(C)=O)n1)-c1cnn(C)c1CCN2C1CCN(C)C[C@@H]1F. The molecule has 1 saturated heterocycles. The molecule has 15 heteroatoms. The van der Waals surface area contributed by atoms with Gasteiger partial charge >= 0.3 is 0 Å². The zero-order valence-electron chi connectivity index (χ0n) is 27.4. The number of benzene rings is 2. The molecular weight excluding hydrogens is 698 g/mol. The number of aromatic nitrogens is 6. The summed E-state index contributed by atoms with van der Waals surface area (Å²) in [6.07, 6.45) is 7.22. The maximum atomic E-state index is 15.6. The summed E-state index contributed by atoms with van der Waals surface area (Å²) < 4.78 is 37.5. The maximum absolute atomic E-state index is 15.6. The third-order valence-corrected chi connectivity index (χ3v) is 11.2. The second-order valence-electron chi connectivity index (χ2n) is 12.7. The first-order chi connectivity index (χ1) is 23.0. The van der Waals surface area contributed by atoms with E-state index in [1.165, 1.54) is 0 Å². The third kappa shape index (κ3) is 6.01. The number of rotatable bonds is 7. The van der Waals surface area contributed by atoms with E-state index in [1.54, 1.807) is 39.0 Å². The van der Waals surface area contributed by atoms with Gasteiger partial charge < -0.3 is 29.7 Å². The van der Waals surface area contributed by atoms with Crippen LogP contribution in [0.3, 0.4) is 0 Å². The summed E-state index contributed by atoms with van der Waals surface area (Å²) in [7, 11) is 2.74. The second-order valence-corrected chi connectivity index (χ2v) is 16.7. The molecular formula is C33H37BrFN10O2P. The van der Waals surface area contributed by atoms with Crippen molar-refractivity contribution < 1.29 is 13.7 Å². The Balaban J connectivity index is 1.27. The standard InChI is InChI=1S/C33H37BrFN10O2P/c1-43-12-8-27(22(35)18-43)45-13-9-26-20(16-39-44(26)2)19-14-25(29(47-3)15-28(19)45)41-33-38-17-21(34)32(42-33)40-24-7-6-23-30(37-11-10-36-23)31(24)48(4,5)46/h6-7,10-11,14-17,22,27H,8-9,12-13,18H2,1-5H3,(H2,38,40,41,42)/t22-,27?/m0/s1. The van der Waals surface area contributed by atoms with Crippen LogP contribution in [0.4, 0.5) is 33.2 Å². The van der Waals surface area contributed by atoms with Crippen LogP contribution >= 0.6 is 23.1 Å². The lowest BCUT2D eigenvalue weighted by Crippen LogP contribution is -2.52. The Morgan fingerprint density at radius 3 is 2.60 bits per heavy atom. The van der Waals surface area contributed by atoms with Crippen molar-refractivity contribution in [2.75, 3.05) is 62.7 Å². The Bertz CT molecular complexity index is 2070. The molecule has 0 aliphatic carbocycles. The first kappa shape index (κ1) is 32.4. The lowest BCUT2D eigenvalue weighted by atomic mass is 9.98. The van der Waals surface area contributed by atoms with E-state index in [1.807, 2.05) is 54.1 Å². The molecule has 5 heterocycles. The molecule has 0 bridgehead atoms. The van der Waals surface area contributed by atoms with Crippen LogP contribution in [0.2, 0.25) is 0 Å². The minimum atomic E-state index is -2.79. The van der Waals surface area contributed by atoms with Gasteiger partial charge in [-0.15, -0.1) is 0 Å². The van der Waals surface area contributed by atoms with Gasteiger partial charge in [0.1, 0.15) is 30.4 Å². The summed E-state index contributed by atoms with van der Waals surface area (Å²) in [5.41, 5.74) is 6.44. The van der Waals surface area contributed by atoms with Crippen molar-refractivity contribution in [1.82, 2.24) is 34.6 Å². The summed E-state index contributed by atoms with van der Waals surface area (Å²) in [6.45, 7) is 5.33. The van der Waals surface area contributed by atoms with Crippen LogP contribution in [-0.4, -0.2) is 94.0 Å². The molecule has 2 atom stereocenters. The lowest BCUT2D eigenvalue weighted by Gasteiger charge is -2.41. The Kier molecular flexibility index (Phi) is 8.59. The Morgan fingerprint density at radius 2 is 1.83 bits per heavy atom. The second kappa shape index (κ2) is 12.7. The molecule has 2 aromatic carbocycles. The van der Waals surface area contributed by atoms with Crippen LogP contribution in [-0.2, 0) is 18.0 Å². The molecule has 12 nitrogen and oxygen atoms in total. The van der Waals surface area contributed by atoms with Crippen LogP contribution in [0.15, 0.2) is 53.5 Å². The lowest BCUT2D eigenvalue weighted by molar-refractivity contribution is 0.136. The van der Waals surface area contributed by atoms with Gasteiger partial charge in [-0.25, -0.2) is 9.37 Å². The van der Waals surface area contributed by atoms with Gasteiger partial charge in [0.05, 0.1) is 46.0 Å². The molecule has 1 unspecified atom stereocenters. The summed E-state index contributed by atoms with van der Waals surface area (Å²) in [4.78, 5) is 22.5. The molecule has 0 amide bonds. The fraction of sp³-hybridized carbons (Fsp3) is 0.364. The van der Waals surface area contributed by atoms with E-state index in [9.17, 15) is 4.57 Å². The van der Waals surface area contributed by atoms with Gasteiger partial charge in [0.2, 0.25) is 5.95 Å². The van der Waals surface area contributed by atoms with Crippen molar-refractivity contribution in [3.05, 3.63) is 59.2 Å². The number of alkyl halides is 1. The van der Waals surface area contributed by atoms with E-state index in [4.69, 9.17) is 9.72 Å². The number of nitrogens with zero attached hydrogens (tertiary/aromatic N) is 8. The van der Waals surface area contributed by atoms with Gasteiger partial charge in [-0.3, -0.25) is 14.6 Å². The summed E-state index contributed by atoms with van der Waals surface area (Å²) in [6, 6.07) is 7.42. The number of hydrogen-bond acceptors (Lipinski definition) is 11. The van der Waals surface area contributed by atoms with E-state index in [2.05, 4.69) is 51.5 Å². The molecule has 2 aliphatic rings. The van der Waals surface area contributed by atoms with Gasteiger partial charge in [-0.2, -0.15) is 10.1 Å². The van der Waals surface area contributed by atoms with Gasteiger partial charge in [0, 0.05) is 80.3 Å². The Morgan fingerprint density at radius 1 is 1.02 bits per heavy atom. The quantitative estimate of drug-likeness (QED) is 0.199. The van der Waals surface area contributed by atoms with Gasteiger partial charge in [-0.05, 0) is 60.9 Å². The maximum Gasteiger partial charge on any atom is 0.229 e. The van der Waals surface area contributed by atoms with Gasteiger partial charge in [0.25, 0.3) is 0 Å². The Labute approximate surface area is 286 Å². The Hall–Kier alpha value is -4.13. The highest BCUT2D eigenvalue weighted by molar-refractivity contribution is 9.10. The average Bonchev–Trinajstić information content (AvgIpc) is 3.34. The summed E-state index contributed by atoms with van der Waals surface area (Å²) in [5.74, 6) is 1.35. The first-order valence-corrected chi connectivity index (χ1v) is 19.1. The summed E-state index contributed by atoms with van der Waals surface area (Å²) in [5, 5.41) is 11.9. The van der Waals surface area contributed by atoms with Crippen molar-refractivity contribution in [2.45, 2.75) is 25.1 Å². The molecule has 48 heavy (non-hydrogen) atoms. The minimum absolute atomic E-state index is 0.248. The predicted octanol–water partition coefficient (Wildman–Crippen LogP) is 5.73. The molecule has 7 rings (SSSR count). The molecule has 1 fully saturated rings. The van der Waals surface area contributed by atoms with Crippen LogP contribution in [0.5, 0.6) is 5.75 Å². The summed E-state index contributed by atoms with van der Waals surface area (Å²) >= 11 is 3.57. The number of anilines is 5. The van der Waals surface area contributed by atoms with Crippen LogP contribution < -0.4 is 25.6 Å². The molecule has 2 N–H and O–H groups in total. The number of fused-ring (bicyclic) bond motifs is 4. The minimum Gasteiger partial charge on any atom is -0.494 e. The number of hydrogen-bond donors (Lipinski definition) is 2.